The average Bonchev–Trinajstić information content (AvgIpc) is 2.85. The van der Waals surface area contributed by atoms with Crippen molar-refractivity contribution in [1.29, 1.82) is 0 Å². The van der Waals surface area contributed by atoms with E-state index in [0.717, 1.165) is 12.8 Å². The first-order chi connectivity index (χ1) is 8.91. The van der Waals surface area contributed by atoms with Crippen molar-refractivity contribution < 1.29 is 14.3 Å². The average molecular weight is 268 g/mol. The number of hydrogen-bond acceptors (Lipinski definition) is 3. The molecule has 2 rings (SSSR count). The molecule has 0 unspecified atom stereocenters. The summed E-state index contributed by atoms with van der Waals surface area (Å²) >= 11 is 0. The van der Waals surface area contributed by atoms with Crippen LogP contribution in [0.3, 0.4) is 0 Å². The Labute approximate surface area is 114 Å². The summed E-state index contributed by atoms with van der Waals surface area (Å²) in [6, 6.07) is -0.259. The van der Waals surface area contributed by atoms with Crippen molar-refractivity contribution >= 4 is 11.8 Å². The van der Waals surface area contributed by atoms with Crippen LogP contribution in [-0.4, -0.2) is 60.5 Å². The van der Waals surface area contributed by atoms with Gasteiger partial charge >= 0.3 is 0 Å². The zero-order valence-electron chi connectivity index (χ0n) is 12.1. The molecule has 0 aromatic rings. The number of hydrogen-bond donors (Lipinski definition) is 0. The van der Waals surface area contributed by atoms with Gasteiger partial charge < -0.3 is 14.5 Å². The maximum absolute atomic E-state index is 12.5. The Bertz CT molecular complexity index is 356. The molecule has 2 aliphatic rings. The molecule has 2 fully saturated rings. The second-order valence-corrected chi connectivity index (χ2v) is 6.34. The quantitative estimate of drug-likeness (QED) is 0.709. The van der Waals surface area contributed by atoms with Gasteiger partial charge in [-0.05, 0) is 12.8 Å². The first kappa shape index (κ1) is 14.3. The van der Waals surface area contributed by atoms with Crippen molar-refractivity contribution in [3.8, 4) is 0 Å². The number of likely N-dealkylation sites (tertiary alicyclic amines) is 1. The molecule has 2 aliphatic heterocycles. The fourth-order valence-corrected chi connectivity index (χ4v) is 2.69. The Morgan fingerprint density at radius 3 is 2.32 bits per heavy atom. The van der Waals surface area contributed by atoms with Crippen molar-refractivity contribution in [2.45, 2.75) is 39.7 Å². The molecule has 19 heavy (non-hydrogen) atoms. The standard InChI is InChI=1S/C14H24N2O3/c1-14(2,3)13(18)16-6-4-5-11(16)12(17)15-7-9-19-10-8-15/h11H,4-10H2,1-3H3/t11-/m1/s1. The molecule has 2 heterocycles. The molecule has 1 atom stereocenters. The van der Waals surface area contributed by atoms with Crippen molar-refractivity contribution in [2.24, 2.45) is 5.41 Å². The third-order valence-corrected chi connectivity index (χ3v) is 3.76. The summed E-state index contributed by atoms with van der Waals surface area (Å²) < 4.78 is 5.27. The van der Waals surface area contributed by atoms with E-state index >= 15 is 0 Å². The van der Waals surface area contributed by atoms with E-state index in [1.165, 1.54) is 0 Å². The number of ether oxygens (including phenoxy) is 1. The highest BCUT2D eigenvalue weighted by Crippen LogP contribution is 2.26. The molecular formula is C14H24N2O3. The number of carbonyl (C=O) groups is 2. The molecule has 2 amide bonds. The van der Waals surface area contributed by atoms with Gasteiger partial charge in [0, 0.05) is 25.0 Å². The van der Waals surface area contributed by atoms with Crippen LogP contribution in [0.1, 0.15) is 33.6 Å². The Balaban J connectivity index is 2.05. The highest BCUT2D eigenvalue weighted by molar-refractivity contribution is 5.90. The van der Waals surface area contributed by atoms with Gasteiger partial charge in [-0.25, -0.2) is 0 Å². The van der Waals surface area contributed by atoms with E-state index in [4.69, 9.17) is 4.74 Å². The lowest BCUT2D eigenvalue weighted by molar-refractivity contribution is -0.150. The minimum absolute atomic E-state index is 0.0802. The maximum Gasteiger partial charge on any atom is 0.245 e. The molecule has 5 nitrogen and oxygen atoms in total. The fraction of sp³-hybridized carbons (Fsp3) is 0.857. The van der Waals surface area contributed by atoms with Crippen LogP contribution in [0.25, 0.3) is 0 Å². The third-order valence-electron chi connectivity index (χ3n) is 3.76. The van der Waals surface area contributed by atoms with E-state index in [2.05, 4.69) is 0 Å². The molecule has 5 heteroatoms. The minimum atomic E-state index is -0.423. The number of rotatable bonds is 1. The van der Waals surface area contributed by atoms with Crippen molar-refractivity contribution in [3.05, 3.63) is 0 Å². The summed E-state index contributed by atoms with van der Waals surface area (Å²) in [7, 11) is 0. The summed E-state index contributed by atoms with van der Waals surface area (Å²) in [5.74, 6) is 0.176. The van der Waals surface area contributed by atoms with Crippen LogP contribution in [0, 0.1) is 5.41 Å². The van der Waals surface area contributed by atoms with Crippen molar-refractivity contribution in [1.82, 2.24) is 9.80 Å². The summed E-state index contributed by atoms with van der Waals surface area (Å²) in [6.45, 7) is 8.92. The lowest BCUT2D eigenvalue weighted by atomic mass is 9.94. The van der Waals surface area contributed by atoms with Gasteiger partial charge in [-0.15, -0.1) is 0 Å². The van der Waals surface area contributed by atoms with E-state index < -0.39 is 5.41 Å². The number of amides is 2. The van der Waals surface area contributed by atoms with Crippen LogP contribution in [0.4, 0.5) is 0 Å². The minimum Gasteiger partial charge on any atom is -0.378 e. The molecule has 0 aromatic heterocycles. The van der Waals surface area contributed by atoms with Crippen molar-refractivity contribution in [2.75, 3.05) is 32.8 Å². The molecule has 108 valence electrons. The highest BCUT2D eigenvalue weighted by Gasteiger charge is 2.40. The molecular weight excluding hydrogens is 244 g/mol. The molecule has 0 N–H and O–H groups in total. The fourth-order valence-electron chi connectivity index (χ4n) is 2.69. The summed E-state index contributed by atoms with van der Waals surface area (Å²) in [4.78, 5) is 28.5. The first-order valence-electron chi connectivity index (χ1n) is 7.09. The Morgan fingerprint density at radius 1 is 1.11 bits per heavy atom. The Morgan fingerprint density at radius 2 is 1.74 bits per heavy atom. The largest absolute Gasteiger partial charge is 0.378 e. The van der Waals surface area contributed by atoms with E-state index in [0.29, 0.717) is 32.8 Å². The molecule has 0 spiro atoms. The number of nitrogens with zero attached hydrogens (tertiary/aromatic N) is 2. The second-order valence-electron chi connectivity index (χ2n) is 6.34. The van der Waals surface area contributed by atoms with E-state index in [-0.39, 0.29) is 17.9 Å². The SMILES string of the molecule is CC(C)(C)C(=O)N1CCC[C@@H]1C(=O)N1CCOCC1. The molecule has 0 aromatic carbocycles. The molecule has 0 aliphatic carbocycles. The Hall–Kier alpha value is -1.10. The summed E-state index contributed by atoms with van der Waals surface area (Å²) in [5, 5.41) is 0. The van der Waals surface area contributed by atoms with Gasteiger partial charge in [0.2, 0.25) is 11.8 Å². The smallest absolute Gasteiger partial charge is 0.245 e. The zero-order valence-corrected chi connectivity index (χ0v) is 12.1. The van der Waals surface area contributed by atoms with Crippen LogP contribution in [0.2, 0.25) is 0 Å². The van der Waals surface area contributed by atoms with Crippen LogP contribution >= 0.6 is 0 Å². The zero-order chi connectivity index (χ0) is 14.0. The van der Waals surface area contributed by atoms with Gasteiger partial charge in [0.1, 0.15) is 6.04 Å². The van der Waals surface area contributed by atoms with E-state index in [1.54, 1.807) is 4.90 Å². The van der Waals surface area contributed by atoms with Gasteiger partial charge in [0.25, 0.3) is 0 Å². The third kappa shape index (κ3) is 3.08. The summed E-state index contributed by atoms with van der Waals surface area (Å²) in [6.07, 6.45) is 1.71. The van der Waals surface area contributed by atoms with Crippen LogP contribution in [0.15, 0.2) is 0 Å². The molecule has 2 saturated heterocycles. The van der Waals surface area contributed by atoms with Crippen molar-refractivity contribution in [3.63, 3.8) is 0 Å². The lowest BCUT2D eigenvalue weighted by Gasteiger charge is -2.34. The van der Waals surface area contributed by atoms with Gasteiger partial charge in [-0.2, -0.15) is 0 Å². The predicted octanol–water partition coefficient (Wildman–Crippen LogP) is 0.882. The normalized spacial score (nSPS) is 24.7. The van der Waals surface area contributed by atoms with Gasteiger partial charge in [0.15, 0.2) is 0 Å². The first-order valence-corrected chi connectivity index (χ1v) is 7.09. The highest BCUT2D eigenvalue weighted by atomic mass is 16.5. The predicted molar refractivity (Wildman–Crippen MR) is 71.6 cm³/mol. The molecule has 0 saturated carbocycles. The topological polar surface area (TPSA) is 49.9 Å². The van der Waals surface area contributed by atoms with Crippen LogP contribution in [-0.2, 0) is 14.3 Å². The second kappa shape index (κ2) is 5.49. The van der Waals surface area contributed by atoms with E-state index in [9.17, 15) is 9.59 Å². The van der Waals surface area contributed by atoms with Crippen LogP contribution < -0.4 is 0 Å². The number of morpholine rings is 1. The maximum atomic E-state index is 12.5. The van der Waals surface area contributed by atoms with Gasteiger partial charge in [-0.3, -0.25) is 9.59 Å². The molecule has 0 radical (unpaired) electrons. The van der Waals surface area contributed by atoms with E-state index in [1.807, 2.05) is 25.7 Å². The van der Waals surface area contributed by atoms with Gasteiger partial charge in [-0.1, -0.05) is 20.8 Å². The van der Waals surface area contributed by atoms with Crippen LogP contribution in [0.5, 0.6) is 0 Å². The Kier molecular flexibility index (Phi) is 4.13. The monoisotopic (exact) mass is 268 g/mol. The summed E-state index contributed by atoms with van der Waals surface area (Å²) in [5.41, 5.74) is -0.423. The molecule has 0 bridgehead atoms. The lowest BCUT2D eigenvalue weighted by Crippen LogP contribution is -2.52. The van der Waals surface area contributed by atoms with Gasteiger partial charge in [0.05, 0.1) is 13.2 Å². The number of carbonyl (C=O) groups excluding carboxylic acids is 2.